The van der Waals surface area contributed by atoms with Gasteiger partial charge < -0.3 is 33.6 Å². The van der Waals surface area contributed by atoms with Crippen molar-refractivity contribution in [2.45, 2.75) is 13.0 Å². The van der Waals surface area contributed by atoms with Crippen LogP contribution in [0.5, 0.6) is 17.2 Å². The van der Waals surface area contributed by atoms with Crippen LogP contribution in [-0.2, 0) is 17.7 Å². The summed E-state index contributed by atoms with van der Waals surface area (Å²) in [5.41, 5.74) is 4.06. The lowest BCUT2D eigenvalue weighted by Gasteiger charge is -2.29. The number of carbonyl (C=O) groups is 2. The van der Waals surface area contributed by atoms with Crippen molar-refractivity contribution < 1.29 is 33.0 Å². The summed E-state index contributed by atoms with van der Waals surface area (Å²) in [6.45, 7) is 2.02. The highest BCUT2D eigenvalue weighted by molar-refractivity contribution is 6.04. The number of hydrogen-bond donors (Lipinski definition) is 1. The molecule has 0 aliphatic carbocycles. The smallest absolute Gasteiger partial charge is 0.289 e. The molecule has 5 rings (SSSR count). The van der Waals surface area contributed by atoms with Gasteiger partial charge in [0.25, 0.3) is 11.8 Å². The summed E-state index contributed by atoms with van der Waals surface area (Å²) in [7, 11) is 3.21. The van der Waals surface area contributed by atoms with Crippen LogP contribution in [0.25, 0.3) is 11.3 Å². The van der Waals surface area contributed by atoms with Gasteiger partial charge in [-0.05, 0) is 90.3 Å². The van der Waals surface area contributed by atoms with E-state index >= 15 is 0 Å². The van der Waals surface area contributed by atoms with Crippen LogP contribution in [0.3, 0.4) is 0 Å². The van der Waals surface area contributed by atoms with E-state index in [4.69, 9.17) is 29.8 Å². The van der Waals surface area contributed by atoms with E-state index in [2.05, 4.69) is 11.2 Å². The summed E-state index contributed by atoms with van der Waals surface area (Å²) in [4.78, 5) is 27.8. The van der Waals surface area contributed by atoms with Crippen molar-refractivity contribution in [1.82, 2.24) is 4.90 Å². The molecule has 0 radical (unpaired) electrons. The molecule has 1 aliphatic heterocycles. The Balaban J connectivity index is 1.17. The Morgan fingerprint density at radius 1 is 0.930 bits per heavy atom. The molecule has 3 aromatic carbocycles. The molecule has 0 fully saturated rings. The summed E-state index contributed by atoms with van der Waals surface area (Å²) in [6, 6.07) is 21.4. The highest BCUT2D eigenvalue weighted by Crippen LogP contribution is 2.34. The molecule has 220 valence electrons. The van der Waals surface area contributed by atoms with Gasteiger partial charge in [0.15, 0.2) is 17.3 Å². The Kier molecular flexibility index (Phi) is 9.29. The zero-order valence-electron chi connectivity index (χ0n) is 24.1. The van der Waals surface area contributed by atoms with Gasteiger partial charge in [0.05, 0.1) is 20.8 Å². The Morgan fingerprint density at radius 2 is 1.65 bits per heavy atom. The molecule has 0 bridgehead atoms. The summed E-state index contributed by atoms with van der Waals surface area (Å²) in [6.07, 6.45) is 5.85. The molecule has 2 amide bonds. The van der Waals surface area contributed by atoms with Crippen LogP contribution < -0.4 is 19.5 Å². The maximum atomic E-state index is 13.3. The molecule has 1 aromatic heterocycles. The monoisotopic (exact) mass is 580 g/mol. The third-order valence-electron chi connectivity index (χ3n) is 7.05. The van der Waals surface area contributed by atoms with Gasteiger partial charge in [-0.15, -0.1) is 6.42 Å². The number of furan rings is 1. The van der Waals surface area contributed by atoms with Gasteiger partial charge in [0, 0.05) is 29.9 Å². The molecule has 43 heavy (non-hydrogen) atoms. The van der Waals surface area contributed by atoms with Crippen LogP contribution in [0.1, 0.15) is 32.0 Å². The number of benzene rings is 3. The van der Waals surface area contributed by atoms with E-state index in [9.17, 15) is 9.59 Å². The zero-order valence-corrected chi connectivity index (χ0v) is 24.1. The largest absolute Gasteiger partial charge is 0.493 e. The van der Waals surface area contributed by atoms with E-state index in [1.165, 1.54) is 0 Å². The fraction of sp³-hybridized carbons (Fsp3) is 0.235. The second-order valence-corrected chi connectivity index (χ2v) is 9.78. The summed E-state index contributed by atoms with van der Waals surface area (Å²) < 4.78 is 27.5. The van der Waals surface area contributed by atoms with E-state index in [1.807, 2.05) is 24.3 Å². The zero-order chi connectivity index (χ0) is 30.2. The van der Waals surface area contributed by atoms with Gasteiger partial charge in [-0.3, -0.25) is 9.59 Å². The molecule has 9 nitrogen and oxygen atoms in total. The first-order chi connectivity index (χ1) is 21.0. The normalized spacial score (nSPS) is 12.2. The molecule has 4 aromatic rings. The van der Waals surface area contributed by atoms with Gasteiger partial charge in [0.2, 0.25) is 0 Å². The van der Waals surface area contributed by atoms with Crippen molar-refractivity contribution in [3.05, 3.63) is 95.2 Å². The number of nitrogens with one attached hydrogen (secondary N) is 1. The van der Waals surface area contributed by atoms with Crippen LogP contribution in [-0.4, -0.2) is 57.3 Å². The fourth-order valence-corrected chi connectivity index (χ4v) is 4.79. The van der Waals surface area contributed by atoms with Gasteiger partial charge >= 0.3 is 0 Å². The second kappa shape index (κ2) is 13.6. The maximum absolute atomic E-state index is 13.3. The number of fused-ring (bicyclic) bond motifs is 1. The molecular weight excluding hydrogens is 548 g/mol. The van der Waals surface area contributed by atoms with Gasteiger partial charge in [-0.1, -0.05) is 5.92 Å². The quantitative estimate of drug-likeness (QED) is 0.186. The maximum Gasteiger partial charge on any atom is 0.289 e. The van der Waals surface area contributed by atoms with Gasteiger partial charge in [-0.2, -0.15) is 0 Å². The van der Waals surface area contributed by atoms with Crippen LogP contribution in [0.15, 0.2) is 77.2 Å². The van der Waals surface area contributed by atoms with Crippen molar-refractivity contribution in [2.24, 2.45) is 0 Å². The lowest BCUT2D eigenvalue weighted by molar-refractivity contribution is 0.0703. The number of carbonyl (C=O) groups excluding carboxylic acids is 2. The Bertz CT molecular complexity index is 1620. The molecular formula is C34H32N2O7. The number of terminal acetylenes is 1. The summed E-state index contributed by atoms with van der Waals surface area (Å²) in [5.74, 6) is 4.75. The van der Waals surface area contributed by atoms with Crippen LogP contribution >= 0.6 is 0 Å². The number of nitrogens with zero attached hydrogens (tertiary/aromatic N) is 1. The van der Waals surface area contributed by atoms with Crippen LogP contribution in [0, 0.1) is 12.3 Å². The Morgan fingerprint density at radius 3 is 2.35 bits per heavy atom. The first kappa shape index (κ1) is 29.3. The van der Waals surface area contributed by atoms with Crippen molar-refractivity contribution in [2.75, 3.05) is 45.9 Å². The lowest BCUT2D eigenvalue weighted by Crippen LogP contribution is -2.35. The lowest BCUT2D eigenvalue weighted by atomic mass is 9.98. The van der Waals surface area contributed by atoms with E-state index in [1.54, 1.807) is 67.7 Å². The fourth-order valence-electron chi connectivity index (χ4n) is 4.79. The molecule has 0 saturated heterocycles. The van der Waals surface area contributed by atoms with Crippen LogP contribution in [0.4, 0.5) is 5.69 Å². The highest BCUT2D eigenvalue weighted by Gasteiger charge is 2.26. The van der Waals surface area contributed by atoms with Crippen LogP contribution in [0.2, 0.25) is 0 Å². The average Bonchev–Trinajstić information content (AvgIpc) is 3.54. The molecule has 0 atom stereocenters. The summed E-state index contributed by atoms with van der Waals surface area (Å²) in [5, 5.41) is 2.89. The highest BCUT2D eigenvalue weighted by atomic mass is 16.5. The number of anilines is 1. The Hall–Kier alpha value is -5.20. The first-order valence-electron chi connectivity index (χ1n) is 13.8. The molecule has 9 heteroatoms. The summed E-state index contributed by atoms with van der Waals surface area (Å²) >= 11 is 0. The molecule has 1 N–H and O–H groups in total. The number of hydrogen-bond acceptors (Lipinski definition) is 7. The second-order valence-electron chi connectivity index (χ2n) is 9.78. The van der Waals surface area contributed by atoms with E-state index in [0.29, 0.717) is 67.0 Å². The van der Waals surface area contributed by atoms with Crippen molar-refractivity contribution in [3.63, 3.8) is 0 Å². The first-order valence-corrected chi connectivity index (χ1v) is 13.8. The van der Waals surface area contributed by atoms with E-state index in [-0.39, 0.29) is 24.2 Å². The third kappa shape index (κ3) is 7.00. The van der Waals surface area contributed by atoms with Gasteiger partial charge in [0.1, 0.15) is 24.7 Å². The van der Waals surface area contributed by atoms with Crippen molar-refractivity contribution in [3.8, 4) is 40.9 Å². The molecule has 1 aliphatic rings. The minimum absolute atomic E-state index is 0.177. The molecule has 0 saturated carbocycles. The average molecular weight is 581 g/mol. The number of ether oxygens (including phenoxy) is 4. The number of amides is 2. The van der Waals surface area contributed by atoms with E-state index in [0.717, 1.165) is 16.7 Å². The van der Waals surface area contributed by atoms with Crippen molar-refractivity contribution in [1.29, 1.82) is 0 Å². The molecule has 0 spiro atoms. The topological polar surface area (TPSA) is 99.5 Å². The Labute approximate surface area is 250 Å². The minimum Gasteiger partial charge on any atom is -0.493 e. The van der Waals surface area contributed by atoms with Crippen molar-refractivity contribution >= 4 is 17.5 Å². The predicted octanol–water partition coefficient (Wildman–Crippen LogP) is 5.44. The number of rotatable bonds is 11. The third-order valence-corrected chi connectivity index (χ3v) is 7.05. The minimum atomic E-state index is -0.248. The van der Waals surface area contributed by atoms with E-state index < -0.39 is 0 Å². The SMILES string of the molecule is C#CCOCCOc1ccc(C(=O)Nc2ccc(-c3ccc(C(=O)N4CCc5cc(OC)c(OC)cc5C4)o3)cc2)cc1. The number of methoxy groups -OCH3 is 2. The molecule has 2 heterocycles. The standard InChI is InChI=1S/C34H32N2O7/c1-4-17-41-18-19-42-28-11-7-24(8-12-28)33(37)35-27-9-5-23(6-10-27)29-13-14-30(43-29)34(38)36-16-15-25-20-31(39-2)32(40-3)21-26(25)22-36/h1,5-14,20-21H,15-19,22H2,2-3H3,(H,35,37). The molecule has 0 unspecified atom stereocenters. The predicted molar refractivity (Wildman–Crippen MR) is 162 cm³/mol. The van der Waals surface area contributed by atoms with Gasteiger partial charge in [-0.25, -0.2) is 0 Å².